The van der Waals surface area contributed by atoms with E-state index in [0.29, 0.717) is 0 Å². The van der Waals surface area contributed by atoms with Crippen molar-refractivity contribution in [3.63, 3.8) is 0 Å². The number of fused-ring (bicyclic) bond motifs is 4. The van der Waals surface area contributed by atoms with Gasteiger partial charge in [-0.05, 0) is 258 Å². The van der Waals surface area contributed by atoms with Crippen LogP contribution >= 0.6 is 0 Å². The van der Waals surface area contributed by atoms with Crippen molar-refractivity contribution in [2.75, 3.05) is 170 Å². The predicted molar refractivity (Wildman–Crippen MR) is 543 cm³/mol. The average molecular weight is 1810 g/mol. The standard InChI is InChI=1S/2C55H79N6O3S/c1-40-20-28-48-46(38-40)54(5,6)50(58(48)34-16-36-60(9,10)11)30-23-42-18-15-19-43(52(42)57-44-25-21-41(22-26-44)32-33-56-53(2,3)4)24-31-51-55(7,8)47-39-45(65(62,63)64)27-29-49(47)59(51)35-17-37-61(12,13)14;1-40-20-28-48-46(38-40)54(5,6)50(58(48)34-16-36-60(9,10)11)30-23-42-18-15-19-43(52(42)56-33-32-41-21-25-44(26-22-41)57-53(2,3)4)24-31-51-55(7,8)47-39-45(65(62,63)64)27-29-49(47)59(51)35-17-37-61(12,13)14/h20-31,38-39,56H,15-19,32-37H2,1-14H3;20-31,38-39,57H,15-19,32-37H2,1-14H3/q2*+1/p+2. The van der Waals surface area contributed by atoms with Crippen molar-refractivity contribution in [3.8, 4) is 0 Å². The Labute approximate surface area is 784 Å². The van der Waals surface area contributed by atoms with Gasteiger partial charge in [0.1, 0.15) is 20.2 Å². The van der Waals surface area contributed by atoms with Crippen LogP contribution in [0.3, 0.4) is 0 Å². The summed E-state index contributed by atoms with van der Waals surface area (Å²) in [5.74, 6) is 0. The topological polar surface area (TPSA) is 175 Å². The molecule has 6 aromatic carbocycles. The Morgan fingerprint density at radius 2 is 0.808 bits per heavy atom. The first kappa shape index (κ1) is 102. The smallest absolute Gasteiger partial charge is 0.209 e. The summed E-state index contributed by atoms with van der Waals surface area (Å²) in [4.78, 5) is 4.79. The second kappa shape index (κ2) is 39.8. The van der Waals surface area contributed by atoms with E-state index in [0.717, 1.165) is 211 Å². The van der Waals surface area contributed by atoms with Gasteiger partial charge in [-0.25, -0.2) is 16.8 Å². The number of allylic oxidation sites excluding steroid dienone is 14. The number of hydrogen-bond donors (Lipinski definition) is 4. The van der Waals surface area contributed by atoms with Crippen molar-refractivity contribution in [1.82, 2.24) is 10.6 Å². The zero-order valence-electron chi connectivity index (χ0n) is 84.6. The highest BCUT2D eigenvalue weighted by Gasteiger charge is 2.48. The van der Waals surface area contributed by atoms with Crippen LogP contribution in [0.2, 0.25) is 0 Å². The first-order valence-electron chi connectivity index (χ1n) is 47.7. The van der Waals surface area contributed by atoms with E-state index in [9.17, 15) is 25.9 Å². The van der Waals surface area contributed by atoms with E-state index in [2.05, 4.69) is 369 Å². The Morgan fingerprint density at radius 1 is 0.423 bits per heavy atom. The maximum atomic E-state index is 12.3. The van der Waals surface area contributed by atoms with Crippen LogP contribution < -0.4 is 31.1 Å². The van der Waals surface area contributed by atoms with Crippen LogP contribution in [0.25, 0.3) is 0 Å². The number of anilines is 4. The molecule has 0 saturated heterocycles. The molecule has 20 heteroatoms. The summed E-state index contributed by atoms with van der Waals surface area (Å²) < 4.78 is 81.8. The number of quaternary nitrogens is 4. The molecule has 4 aliphatic heterocycles. The van der Waals surface area contributed by atoms with Gasteiger partial charge in [0.25, 0.3) is 0 Å². The van der Waals surface area contributed by atoms with E-state index >= 15 is 0 Å². The van der Waals surface area contributed by atoms with Crippen LogP contribution in [-0.2, 0) is 54.7 Å². The zero-order chi connectivity index (χ0) is 95.5. The fraction of sp³-hybridized carbons (Fsp3) is 0.509. The summed E-state index contributed by atoms with van der Waals surface area (Å²) in [5, 5.41) is 15.1. The minimum Gasteiger partial charge on any atom is -0.744 e. The van der Waals surface area contributed by atoms with Gasteiger partial charge in [0, 0.05) is 135 Å². The highest BCUT2D eigenvalue weighted by atomic mass is 32.2. The fourth-order valence-electron chi connectivity index (χ4n) is 19.6. The van der Waals surface area contributed by atoms with Gasteiger partial charge < -0.3 is 58.1 Å². The number of nitrogens with one attached hydrogen (secondary N) is 4. The maximum Gasteiger partial charge on any atom is 0.209 e. The van der Waals surface area contributed by atoms with Crippen molar-refractivity contribution in [2.24, 2.45) is 0 Å². The third-order valence-electron chi connectivity index (χ3n) is 26.6. The summed E-state index contributed by atoms with van der Waals surface area (Å²) in [7, 11) is 17.6. The van der Waals surface area contributed by atoms with Crippen LogP contribution in [0.5, 0.6) is 0 Å². The van der Waals surface area contributed by atoms with Crippen LogP contribution in [0.4, 0.5) is 34.1 Å². The molecular formula is C110H160N12O6S2+4. The SMILES string of the molecule is Cc1ccc2c(c1)C(C)(C)C(=CC=C1CCCC(C=CC3=[N+](CCC[N+](C)(C)C)c4ccc(S(=O)(=O)[O-])cc4C3(C)C)=C1NCCc1ccc(NC(C)(C)C)cc1)N2CCC[N+](C)(C)C.Cc1ccc2c(c1)C(C)(C)C(=CC=C1CCCC(C=CC3=[N+](CCC[N+](C)(C)C)c4ccc(S(=O)(=O)[O-])cc4C3(C)C)=C1Nc1ccc(CCNC(C)(C)C)cc1)N2CCC[N+](C)(C)C. The Hall–Kier alpha value is -8.80. The molecule has 0 aromatic heterocycles. The van der Waals surface area contributed by atoms with Gasteiger partial charge in [0.15, 0.2) is 24.5 Å². The third-order valence-corrected chi connectivity index (χ3v) is 28.2. The molecule has 0 spiro atoms. The number of nitrogens with zero attached hydrogens (tertiary/aromatic N) is 8. The van der Waals surface area contributed by atoms with Gasteiger partial charge in [0.2, 0.25) is 11.4 Å². The lowest BCUT2D eigenvalue weighted by Crippen LogP contribution is -2.37. The molecule has 0 atom stereocenters. The van der Waals surface area contributed by atoms with Crippen molar-refractivity contribution in [3.05, 3.63) is 260 Å². The van der Waals surface area contributed by atoms with Gasteiger partial charge in [0.05, 0.1) is 144 Å². The molecule has 4 heterocycles. The third kappa shape index (κ3) is 26.0. The first-order valence-corrected chi connectivity index (χ1v) is 50.5. The summed E-state index contributed by atoms with van der Waals surface area (Å²) >= 11 is 0. The zero-order valence-corrected chi connectivity index (χ0v) is 86.2. The van der Waals surface area contributed by atoms with Crippen molar-refractivity contribution < 1.29 is 53.0 Å². The van der Waals surface area contributed by atoms with Gasteiger partial charge in [-0.15, -0.1) is 0 Å². The molecule has 4 N–H and O–H groups in total. The van der Waals surface area contributed by atoms with Crippen molar-refractivity contribution >= 4 is 65.8 Å². The van der Waals surface area contributed by atoms with E-state index in [4.69, 9.17) is 0 Å². The molecule has 2 aliphatic carbocycles. The molecule has 0 radical (unpaired) electrons. The molecule has 0 fully saturated rings. The van der Waals surface area contributed by atoms with E-state index in [1.807, 2.05) is 12.1 Å². The van der Waals surface area contributed by atoms with Crippen molar-refractivity contribution in [2.45, 2.75) is 230 Å². The van der Waals surface area contributed by atoms with Gasteiger partial charge in [-0.2, -0.15) is 9.15 Å². The summed E-state index contributed by atoms with van der Waals surface area (Å²) in [6.07, 6.45) is 30.5. The quantitative estimate of drug-likeness (QED) is 0.0171. The number of hydrogen-bond acceptors (Lipinski definition) is 12. The van der Waals surface area contributed by atoms with Crippen molar-refractivity contribution in [1.29, 1.82) is 0 Å². The Morgan fingerprint density at radius 3 is 1.20 bits per heavy atom. The van der Waals surface area contributed by atoms with Crippen LogP contribution in [0, 0.1) is 13.8 Å². The molecule has 0 amide bonds. The highest BCUT2D eigenvalue weighted by Crippen LogP contribution is 2.51. The van der Waals surface area contributed by atoms with E-state index < -0.39 is 31.1 Å². The number of rotatable bonds is 34. The summed E-state index contributed by atoms with van der Waals surface area (Å²) in [6, 6.07) is 41.4. The molecule has 704 valence electrons. The van der Waals surface area contributed by atoms with Crippen LogP contribution in [-0.4, -0.2) is 226 Å². The molecule has 0 bridgehead atoms. The maximum absolute atomic E-state index is 12.3. The Bertz CT molecular complexity index is 5700. The molecular weight excluding hydrogens is 1650 g/mol. The lowest BCUT2D eigenvalue weighted by Gasteiger charge is -2.29. The fourth-order valence-corrected chi connectivity index (χ4v) is 20.6. The van der Waals surface area contributed by atoms with E-state index in [1.54, 1.807) is 12.1 Å². The lowest BCUT2D eigenvalue weighted by molar-refractivity contribution is -0.871. The Kier molecular flexibility index (Phi) is 31.1. The average Bonchev–Trinajstić information content (AvgIpc) is 1.59. The molecule has 130 heavy (non-hydrogen) atoms. The van der Waals surface area contributed by atoms with E-state index in [-0.39, 0.29) is 31.7 Å². The largest absolute Gasteiger partial charge is 0.744 e. The van der Waals surface area contributed by atoms with Gasteiger partial charge in [-0.1, -0.05) is 112 Å². The lowest BCUT2D eigenvalue weighted by atomic mass is 9.81. The predicted octanol–water partition coefficient (Wildman–Crippen LogP) is 20.2. The molecule has 6 aromatic rings. The first-order chi connectivity index (χ1) is 60.3. The molecule has 0 saturated carbocycles. The van der Waals surface area contributed by atoms with E-state index in [1.165, 1.54) is 96.3 Å². The van der Waals surface area contributed by atoms with Gasteiger partial charge >= 0.3 is 0 Å². The second-order valence-electron chi connectivity index (χ2n) is 45.8. The molecule has 12 rings (SSSR count). The monoisotopic (exact) mass is 1810 g/mol. The highest BCUT2D eigenvalue weighted by molar-refractivity contribution is 7.86. The van der Waals surface area contributed by atoms with Crippen LogP contribution in [0.15, 0.2) is 225 Å². The molecule has 6 aliphatic rings. The summed E-state index contributed by atoms with van der Waals surface area (Å²) in [5.41, 5.74) is 27.4. The number of benzene rings is 6. The van der Waals surface area contributed by atoms with Crippen LogP contribution in [0.1, 0.15) is 206 Å². The number of aryl methyl sites for hydroxylation is 2. The molecule has 0 unspecified atom stereocenters. The minimum absolute atomic E-state index is 0.00523. The van der Waals surface area contributed by atoms with Gasteiger partial charge in [-0.3, -0.25) is 0 Å². The molecule has 18 nitrogen and oxygen atoms in total. The normalized spacial score (nSPS) is 18.9. The summed E-state index contributed by atoms with van der Waals surface area (Å²) in [6.45, 7) is 45.0. The second-order valence-corrected chi connectivity index (χ2v) is 48.6. The minimum atomic E-state index is -4.61. The Balaban J connectivity index is 0.000000251.